The standard InChI is InChI=1S/C28H22ClN5O3S/c1-17-25-22(13-24(36)32(17)15-20-10-6-12-23(29)30-20)33(14-18-7-3-2-4-8-18)34(27(25)37)28-31-21-11-5-9-19(16-35)26(21)38-28/h2-13,35H,14-16H2,1H3. The summed E-state index contributed by atoms with van der Waals surface area (Å²) in [5, 5.41) is 11.1. The van der Waals surface area contributed by atoms with Crippen LogP contribution in [0.1, 0.15) is 22.5 Å². The van der Waals surface area contributed by atoms with Crippen molar-refractivity contribution in [2.45, 2.75) is 26.6 Å². The van der Waals surface area contributed by atoms with Gasteiger partial charge >= 0.3 is 0 Å². The van der Waals surface area contributed by atoms with Crippen LogP contribution >= 0.6 is 22.9 Å². The van der Waals surface area contributed by atoms with E-state index in [1.165, 1.54) is 22.1 Å². The molecular weight excluding hydrogens is 522 g/mol. The van der Waals surface area contributed by atoms with Gasteiger partial charge in [-0.05, 0) is 36.2 Å². The molecule has 6 aromatic rings. The molecule has 0 aliphatic carbocycles. The Morgan fingerprint density at radius 3 is 2.50 bits per heavy atom. The molecule has 0 radical (unpaired) electrons. The third-order valence-corrected chi connectivity index (χ3v) is 7.91. The van der Waals surface area contributed by atoms with Gasteiger partial charge in [0.1, 0.15) is 5.15 Å². The largest absolute Gasteiger partial charge is 0.392 e. The number of aromatic nitrogens is 5. The van der Waals surface area contributed by atoms with Crippen LogP contribution in [0.4, 0.5) is 0 Å². The molecule has 0 atom stereocenters. The monoisotopic (exact) mass is 543 g/mol. The molecule has 0 bridgehead atoms. The molecule has 0 saturated heterocycles. The molecule has 0 aliphatic heterocycles. The first kappa shape index (κ1) is 24.3. The van der Waals surface area contributed by atoms with Gasteiger partial charge < -0.3 is 9.67 Å². The van der Waals surface area contributed by atoms with Crippen molar-refractivity contribution in [3.05, 3.63) is 121 Å². The number of aryl methyl sites for hydroxylation is 1. The molecule has 2 aromatic carbocycles. The summed E-state index contributed by atoms with van der Waals surface area (Å²) < 4.78 is 5.70. The van der Waals surface area contributed by atoms with Crippen LogP contribution in [0.3, 0.4) is 0 Å². The van der Waals surface area contributed by atoms with Crippen molar-refractivity contribution in [1.82, 2.24) is 23.9 Å². The molecule has 190 valence electrons. The number of fused-ring (bicyclic) bond motifs is 2. The number of aliphatic hydroxyl groups excluding tert-OH is 1. The number of nitrogens with zero attached hydrogens (tertiary/aromatic N) is 5. The minimum absolute atomic E-state index is 0.128. The summed E-state index contributed by atoms with van der Waals surface area (Å²) in [7, 11) is 0. The Morgan fingerprint density at radius 2 is 1.74 bits per heavy atom. The average molecular weight is 544 g/mol. The highest BCUT2D eigenvalue weighted by Gasteiger charge is 2.22. The fourth-order valence-corrected chi connectivity index (χ4v) is 6.01. The summed E-state index contributed by atoms with van der Waals surface area (Å²) >= 11 is 7.39. The van der Waals surface area contributed by atoms with Crippen LogP contribution < -0.4 is 11.1 Å². The number of benzene rings is 2. The average Bonchev–Trinajstić information content (AvgIpc) is 3.45. The van der Waals surface area contributed by atoms with Crippen molar-refractivity contribution in [3.63, 3.8) is 0 Å². The number of hydrogen-bond acceptors (Lipinski definition) is 6. The SMILES string of the molecule is Cc1c2c(=O)n(-c3nc4cccc(CO)c4s3)n(Cc3ccccc3)c2cc(=O)n1Cc1cccc(Cl)n1. The maximum Gasteiger partial charge on any atom is 0.283 e. The fraction of sp³-hybridized carbons (Fsp3) is 0.143. The topological polar surface area (TPSA) is 94.9 Å². The smallest absolute Gasteiger partial charge is 0.283 e. The molecule has 0 spiro atoms. The lowest BCUT2D eigenvalue weighted by Crippen LogP contribution is -2.24. The fourth-order valence-electron chi connectivity index (χ4n) is 4.75. The van der Waals surface area contributed by atoms with Crippen LogP contribution in [0.2, 0.25) is 5.15 Å². The summed E-state index contributed by atoms with van der Waals surface area (Å²) in [5.41, 5.74) is 3.58. The molecule has 0 amide bonds. The normalized spacial score (nSPS) is 11.6. The highest BCUT2D eigenvalue weighted by Crippen LogP contribution is 2.29. The first-order chi connectivity index (χ1) is 18.4. The number of halogens is 1. The van der Waals surface area contributed by atoms with E-state index < -0.39 is 0 Å². The molecule has 4 aromatic heterocycles. The second-order valence-electron chi connectivity index (χ2n) is 8.95. The number of thiazole rings is 1. The van der Waals surface area contributed by atoms with Crippen LogP contribution in [-0.4, -0.2) is 29.0 Å². The van der Waals surface area contributed by atoms with Crippen molar-refractivity contribution in [2.75, 3.05) is 0 Å². The number of aliphatic hydroxyl groups is 1. The van der Waals surface area contributed by atoms with Crippen LogP contribution in [0, 0.1) is 6.92 Å². The maximum atomic E-state index is 14.1. The highest BCUT2D eigenvalue weighted by molar-refractivity contribution is 7.21. The summed E-state index contributed by atoms with van der Waals surface area (Å²) in [6.07, 6.45) is 0. The van der Waals surface area contributed by atoms with Crippen LogP contribution in [0.15, 0.2) is 82.4 Å². The van der Waals surface area contributed by atoms with Gasteiger partial charge in [-0.25, -0.2) is 9.97 Å². The lowest BCUT2D eigenvalue weighted by atomic mass is 10.2. The van der Waals surface area contributed by atoms with Gasteiger partial charge in [-0.3, -0.25) is 14.3 Å². The maximum absolute atomic E-state index is 14.1. The van der Waals surface area contributed by atoms with Gasteiger partial charge in [0.05, 0.1) is 46.5 Å². The number of rotatable bonds is 6. The Balaban J connectivity index is 1.61. The predicted molar refractivity (Wildman–Crippen MR) is 150 cm³/mol. The third kappa shape index (κ3) is 4.14. The van der Waals surface area contributed by atoms with Crippen molar-refractivity contribution >= 4 is 44.1 Å². The van der Waals surface area contributed by atoms with Gasteiger partial charge in [-0.15, -0.1) is 0 Å². The summed E-state index contributed by atoms with van der Waals surface area (Å²) in [5.74, 6) is 0. The van der Waals surface area contributed by atoms with Gasteiger partial charge in [0.2, 0.25) is 5.13 Å². The van der Waals surface area contributed by atoms with E-state index in [9.17, 15) is 14.7 Å². The predicted octanol–water partition coefficient (Wildman–Crippen LogP) is 4.51. The molecule has 8 nitrogen and oxygen atoms in total. The third-order valence-electron chi connectivity index (χ3n) is 6.58. The van der Waals surface area contributed by atoms with Gasteiger partial charge in [-0.2, -0.15) is 4.68 Å². The lowest BCUT2D eigenvalue weighted by Gasteiger charge is -2.12. The van der Waals surface area contributed by atoms with E-state index in [2.05, 4.69) is 4.98 Å². The van der Waals surface area contributed by atoms with E-state index in [1.807, 2.05) is 48.5 Å². The van der Waals surface area contributed by atoms with Crippen molar-refractivity contribution in [1.29, 1.82) is 0 Å². The van der Waals surface area contributed by atoms with E-state index in [0.717, 1.165) is 15.8 Å². The van der Waals surface area contributed by atoms with Gasteiger partial charge in [-0.1, -0.05) is 71.5 Å². The molecule has 4 heterocycles. The molecule has 0 fully saturated rings. The molecular formula is C28H22ClN5O3S. The molecule has 0 saturated carbocycles. The Hall–Kier alpha value is -4.05. The second-order valence-corrected chi connectivity index (χ2v) is 10.3. The molecule has 0 aliphatic rings. The second kappa shape index (κ2) is 9.68. The lowest BCUT2D eigenvalue weighted by molar-refractivity contribution is 0.283. The van der Waals surface area contributed by atoms with E-state index in [0.29, 0.717) is 44.6 Å². The molecule has 1 N–H and O–H groups in total. The quantitative estimate of drug-likeness (QED) is 0.312. The van der Waals surface area contributed by atoms with E-state index in [4.69, 9.17) is 16.6 Å². The minimum Gasteiger partial charge on any atom is -0.392 e. The molecule has 10 heteroatoms. The first-order valence-corrected chi connectivity index (χ1v) is 13.1. The zero-order chi connectivity index (χ0) is 26.4. The first-order valence-electron chi connectivity index (χ1n) is 12.0. The Bertz CT molecular complexity index is 1940. The molecule has 6 rings (SSSR count). The number of hydrogen-bond donors (Lipinski definition) is 1. The summed E-state index contributed by atoms with van der Waals surface area (Å²) in [6.45, 7) is 2.19. The van der Waals surface area contributed by atoms with Gasteiger partial charge in [0.15, 0.2) is 0 Å². The number of pyridine rings is 2. The van der Waals surface area contributed by atoms with E-state index in [-0.39, 0.29) is 24.3 Å². The Kier molecular flexibility index (Phi) is 6.19. The summed E-state index contributed by atoms with van der Waals surface area (Å²) in [6, 6.07) is 22.0. The van der Waals surface area contributed by atoms with Gasteiger partial charge in [0, 0.05) is 11.8 Å². The Morgan fingerprint density at radius 1 is 0.947 bits per heavy atom. The molecule has 38 heavy (non-hydrogen) atoms. The van der Waals surface area contributed by atoms with E-state index >= 15 is 0 Å². The Labute approximate surface area is 225 Å². The highest BCUT2D eigenvalue weighted by atomic mass is 35.5. The van der Waals surface area contributed by atoms with Crippen LogP contribution in [0.25, 0.3) is 26.3 Å². The van der Waals surface area contributed by atoms with Crippen LogP contribution in [-0.2, 0) is 19.7 Å². The van der Waals surface area contributed by atoms with Crippen LogP contribution in [0.5, 0.6) is 0 Å². The van der Waals surface area contributed by atoms with E-state index in [1.54, 1.807) is 34.4 Å². The minimum atomic E-state index is -0.272. The van der Waals surface area contributed by atoms with Crippen molar-refractivity contribution < 1.29 is 5.11 Å². The zero-order valence-electron chi connectivity index (χ0n) is 20.3. The van der Waals surface area contributed by atoms with Crippen molar-refractivity contribution in [3.8, 4) is 5.13 Å². The van der Waals surface area contributed by atoms with Gasteiger partial charge in [0.25, 0.3) is 11.1 Å². The van der Waals surface area contributed by atoms with Crippen molar-refractivity contribution in [2.24, 2.45) is 0 Å². The molecule has 0 unspecified atom stereocenters. The zero-order valence-corrected chi connectivity index (χ0v) is 21.9. The summed E-state index contributed by atoms with van der Waals surface area (Å²) in [4.78, 5) is 36.5.